The van der Waals surface area contributed by atoms with Gasteiger partial charge in [0.15, 0.2) is 0 Å². The van der Waals surface area contributed by atoms with Gasteiger partial charge in [-0.3, -0.25) is 0 Å². The fourth-order valence-corrected chi connectivity index (χ4v) is 1.52. The van der Waals surface area contributed by atoms with Gasteiger partial charge in [-0.2, -0.15) is 0 Å². The Kier molecular flexibility index (Phi) is 6.62. The Bertz CT molecular complexity index is 300. The molecule has 0 aliphatic carbocycles. The molecule has 0 radical (unpaired) electrons. The van der Waals surface area contributed by atoms with Gasteiger partial charge < -0.3 is 19.5 Å². The van der Waals surface area contributed by atoms with Crippen LogP contribution < -0.4 is 10.1 Å². The fourth-order valence-electron chi connectivity index (χ4n) is 1.52. The second kappa shape index (κ2) is 8.06. The van der Waals surface area contributed by atoms with Gasteiger partial charge in [-0.05, 0) is 17.7 Å². The minimum atomic E-state index is 0.0956. The largest absolute Gasteiger partial charge is 0.497 e. The van der Waals surface area contributed by atoms with Crippen LogP contribution in [0.4, 0.5) is 0 Å². The summed E-state index contributed by atoms with van der Waals surface area (Å²) in [7, 11) is 5.04. The van der Waals surface area contributed by atoms with Crippen molar-refractivity contribution in [2.45, 2.75) is 12.6 Å². The lowest BCUT2D eigenvalue weighted by Crippen LogP contribution is -2.31. The monoisotopic (exact) mass is 239 g/mol. The van der Waals surface area contributed by atoms with Gasteiger partial charge in [-0.15, -0.1) is 0 Å². The van der Waals surface area contributed by atoms with Crippen molar-refractivity contribution >= 4 is 0 Å². The van der Waals surface area contributed by atoms with E-state index in [0.29, 0.717) is 6.61 Å². The van der Waals surface area contributed by atoms with E-state index < -0.39 is 0 Å². The molecule has 0 aliphatic rings. The van der Waals surface area contributed by atoms with E-state index in [2.05, 4.69) is 5.32 Å². The lowest BCUT2D eigenvalue weighted by molar-refractivity contribution is 0.0288. The minimum absolute atomic E-state index is 0.0956. The van der Waals surface area contributed by atoms with E-state index in [4.69, 9.17) is 14.2 Å². The number of rotatable bonds is 8. The van der Waals surface area contributed by atoms with Crippen molar-refractivity contribution in [3.05, 3.63) is 29.8 Å². The van der Waals surface area contributed by atoms with Crippen LogP contribution in [0.1, 0.15) is 5.56 Å². The molecule has 4 heteroatoms. The second-order valence-electron chi connectivity index (χ2n) is 3.79. The number of benzene rings is 1. The quantitative estimate of drug-likeness (QED) is 0.745. The lowest BCUT2D eigenvalue weighted by Gasteiger charge is -2.15. The Morgan fingerprint density at radius 3 is 2.35 bits per heavy atom. The van der Waals surface area contributed by atoms with Gasteiger partial charge in [0.2, 0.25) is 0 Å². The second-order valence-corrected chi connectivity index (χ2v) is 3.79. The van der Waals surface area contributed by atoms with Crippen LogP contribution in [0.5, 0.6) is 5.75 Å². The maximum Gasteiger partial charge on any atom is 0.118 e. The fraction of sp³-hybridized carbons (Fsp3) is 0.538. The number of nitrogens with one attached hydrogen (secondary N) is 1. The Balaban J connectivity index is 2.29. The summed E-state index contributed by atoms with van der Waals surface area (Å²) in [4.78, 5) is 0. The molecule has 4 nitrogen and oxygen atoms in total. The van der Waals surface area contributed by atoms with Crippen molar-refractivity contribution in [3.63, 3.8) is 0 Å². The van der Waals surface area contributed by atoms with Gasteiger partial charge in [0, 0.05) is 27.3 Å². The third-order valence-corrected chi connectivity index (χ3v) is 2.55. The molecule has 0 heterocycles. The molecule has 0 bridgehead atoms. The molecule has 17 heavy (non-hydrogen) atoms. The van der Waals surface area contributed by atoms with Crippen molar-refractivity contribution < 1.29 is 14.2 Å². The first kappa shape index (κ1) is 14.0. The highest BCUT2D eigenvalue weighted by molar-refractivity contribution is 5.26. The lowest BCUT2D eigenvalue weighted by atomic mass is 10.2. The van der Waals surface area contributed by atoms with E-state index in [9.17, 15) is 0 Å². The molecule has 96 valence electrons. The highest BCUT2D eigenvalue weighted by Crippen LogP contribution is 2.10. The zero-order valence-electron chi connectivity index (χ0n) is 10.7. The first-order valence-electron chi connectivity index (χ1n) is 5.65. The third-order valence-electron chi connectivity index (χ3n) is 2.55. The number of hydrogen-bond acceptors (Lipinski definition) is 4. The van der Waals surface area contributed by atoms with Crippen molar-refractivity contribution in [2.75, 3.05) is 34.5 Å². The van der Waals surface area contributed by atoms with Gasteiger partial charge in [-0.25, -0.2) is 0 Å². The van der Waals surface area contributed by atoms with Crippen molar-refractivity contribution in [2.24, 2.45) is 0 Å². The van der Waals surface area contributed by atoms with Crippen LogP contribution in [0.25, 0.3) is 0 Å². The molecular weight excluding hydrogens is 218 g/mol. The molecule has 1 unspecified atom stereocenters. The van der Waals surface area contributed by atoms with E-state index in [0.717, 1.165) is 18.8 Å². The molecule has 0 fully saturated rings. The summed E-state index contributed by atoms with van der Waals surface area (Å²) in [5.41, 5.74) is 1.22. The summed E-state index contributed by atoms with van der Waals surface area (Å²) in [5, 5.41) is 3.33. The van der Waals surface area contributed by atoms with E-state index in [-0.39, 0.29) is 6.10 Å². The van der Waals surface area contributed by atoms with E-state index in [1.807, 2.05) is 24.3 Å². The molecule has 0 amide bonds. The highest BCUT2D eigenvalue weighted by atomic mass is 16.5. The van der Waals surface area contributed by atoms with Crippen LogP contribution in [0, 0.1) is 0 Å². The number of methoxy groups -OCH3 is 3. The first-order valence-corrected chi connectivity index (χ1v) is 5.65. The van der Waals surface area contributed by atoms with Crippen LogP contribution in [0.2, 0.25) is 0 Å². The zero-order chi connectivity index (χ0) is 12.5. The van der Waals surface area contributed by atoms with E-state index >= 15 is 0 Å². The molecule has 0 spiro atoms. The number of ether oxygens (including phenoxy) is 3. The van der Waals surface area contributed by atoms with Crippen LogP contribution in [-0.4, -0.2) is 40.6 Å². The molecule has 1 aromatic carbocycles. The SMILES string of the molecule is COCC(CNCc1ccc(OC)cc1)OC. The zero-order valence-corrected chi connectivity index (χ0v) is 10.7. The minimum Gasteiger partial charge on any atom is -0.497 e. The Morgan fingerprint density at radius 1 is 1.12 bits per heavy atom. The normalized spacial score (nSPS) is 12.4. The third kappa shape index (κ3) is 5.17. The summed E-state index contributed by atoms with van der Waals surface area (Å²) in [5.74, 6) is 0.878. The maximum atomic E-state index is 5.26. The standard InChI is InChI=1S/C13H21NO3/c1-15-10-13(17-3)9-14-8-11-4-6-12(16-2)7-5-11/h4-7,13-14H,8-10H2,1-3H3. The topological polar surface area (TPSA) is 39.7 Å². The Hall–Kier alpha value is -1.10. The maximum absolute atomic E-state index is 5.26. The molecule has 1 rings (SSSR count). The molecule has 1 atom stereocenters. The molecule has 1 N–H and O–H groups in total. The molecule has 0 saturated carbocycles. The molecule has 0 aliphatic heterocycles. The Morgan fingerprint density at radius 2 is 1.82 bits per heavy atom. The van der Waals surface area contributed by atoms with Crippen molar-refractivity contribution in [3.8, 4) is 5.75 Å². The summed E-state index contributed by atoms with van der Waals surface area (Å²) >= 11 is 0. The van der Waals surface area contributed by atoms with Crippen LogP contribution in [0.15, 0.2) is 24.3 Å². The summed E-state index contributed by atoms with van der Waals surface area (Å²) in [6.07, 6.45) is 0.0956. The molecular formula is C13H21NO3. The van der Waals surface area contributed by atoms with Crippen LogP contribution >= 0.6 is 0 Å². The highest BCUT2D eigenvalue weighted by Gasteiger charge is 2.05. The summed E-state index contributed by atoms with van der Waals surface area (Å²) in [6.45, 7) is 2.19. The molecule has 0 aromatic heterocycles. The van der Waals surface area contributed by atoms with E-state index in [1.54, 1.807) is 21.3 Å². The average molecular weight is 239 g/mol. The van der Waals surface area contributed by atoms with Gasteiger partial charge in [0.25, 0.3) is 0 Å². The predicted molar refractivity (Wildman–Crippen MR) is 67.4 cm³/mol. The van der Waals surface area contributed by atoms with Gasteiger partial charge in [0.05, 0.1) is 19.8 Å². The van der Waals surface area contributed by atoms with Gasteiger partial charge >= 0.3 is 0 Å². The van der Waals surface area contributed by atoms with Gasteiger partial charge in [-0.1, -0.05) is 12.1 Å². The number of hydrogen-bond donors (Lipinski definition) is 1. The van der Waals surface area contributed by atoms with Crippen molar-refractivity contribution in [1.29, 1.82) is 0 Å². The van der Waals surface area contributed by atoms with E-state index in [1.165, 1.54) is 5.56 Å². The Labute approximate surface area is 103 Å². The smallest absolute Gasteiger partial charge is 0.118 e. The van der Waals surface area contributed by atoms with Gasteiger partial charge in [0.1, 0.15) is 5.75 Å². The van der Waals surface area contributed by atoms with Crippen molar-refractivity contribution in [1.82, 2.24) is 5.32 Å². The summed E-state index contributed by atoms with van der Waals surface area (Å²) < 4.78 is 15.4. The summed E-state index contributed by atoms with van der Waals surface area (Å²) in [6, 6.07) is 8.01. The molecule has 0 saturated heterocycles. The van der Waals surface area contributed by atoms with Crippen LogP contribution in [-0.2, 0) is 16.0 Å². The molecule has 1 aromatic rings. The average Bonchev–Trinajstić information content (AvgIpc) is 2.38. The predicted octanol–water partition coefficient (Wildman–Crippen LogP) is 1.45. The first-order chi connectivity index (χ1) is 8.30. The van der Waals surface area contributed by atoms with Crippen LogP contribution in [0.3, 0.4) is 0 Å².